The van der Waals surface area contributed by atoms with Gasteiger partial charge in [-0.25, -0.2) is 0 Å². The van der Waals surface area contributed by atoms with Gasteiger partial charge in [-0.2, -0.15) is 11.8 Å². The van der Waals surface area contributed by atoms with Gasteiger partial charge in [0.05, 0.1) is 0 Å². The van der Waals surface area contributed by atoms with Crippen LogP contribution in [0, 0.1) is 0 Å². The molecule has 0 bridgehead atoms. The number of nitrogens with zero attached hydrogens (tertiary/aromatic N) is 1. The molecule has 94 valence electrons. The van der Waals surface area contributed by atoms with Gasteiger partial charge in [0.15, 0.2) is 0 Å². The van der Waals surface area contributed by atoms with E-state index in [9.17, 15) is 4.79 Å². The van der Waals surface area contributed by atoms with Gasteiger partial charge >= 0.3 is 0 Å². The molecule has 1 unspecified atom stereocenters. The number of nitrogens with two attached hydrogens (primary N) is 1. The summed E-state index contributed by atoms with van der Waals surface area (Å²) in [7, 11) is 1.83. The predicted molar refractivity (Wildman–Crippen MR) is 78.5 cm³/mol. The highest BCUT2D eigenvalue weighted by atomic mass is 79.9. The predicted octanol–water partition coefficient (Wildman–Crippen LogP) is 2.85. The van der Waals surface area contributed by atoms with E-state index in [0.29, 0.717) is 11.3 Å². The second-order valence-electron chi connectivity index (χ2n) is 3.96. The first-order valence-electron chi connectivity index (χ1n) is 5.28. The van der Waals surface area contributed by atoms with Crippen molar-refractivity contribution in [3.63, 3.8) is 0 Å². The Labute approximate surface area is 115 Å². The average molecular weight is 317 g/mol. The van der Waals surface area contributed by atoms with Crippen LogP contribution in [0.3, 0.4) is 0 Å². The van der Waals surface area contributed by atoms with Crippen molar-refractivity contribution < 1.29 is 4.79 Å². The van der Waals surface area contributed by atoms with Crippen LogP contribution in [0.15, 0.2) is 22.7 Å². The molecule has 1 rings (SSSR count). The molecule has 0 saturated heterocycles. The fourth-order valence-corrected chi connectivity index (χ4v) is 2.50. The molecule has 0 fully saturated rings. The Morgan fingerprint density at radius 3 is 2.76 bits per heavy atom. The first-order valence-corrected chi connectivity index (χ1v) is 7.47. The SMILES string of the molecule is CSCC(C)N(C)C(=O)c1ccc(N)c(Br)c1. The number of benzene rings is 1. The summed E-state index contributed by atoms with van der Waals surface area (Å²) in [4.78, 5) is 13.9. The van der Waals surface area contributed by atoms with E-state index in [1.165, 1.54) is 0 Å². The van der Waals surface area contributed by atoms with Crippen LogP contribution in [-0.2, 0) is 0 Å². The highest BCUT2D eigenvalue weighted by molar-refractivity contribution is 9.10. The van der Waals surface area contributed by atoms with E-state index in [1.807, 2.05) is 20.2 Å². The van der Waals surface area contributed by atoms with Crippen molar-refractivity contribution in [2.24, 2.45) is 0 Å². The lowest BCUT2D eigenvalue weighted by atomic mass is 10.1. The molecule has 0 aliphatic carbocycles. The van der Waals surface area contributed by atoms with Crippen LogP contribution in [0.5, 0.6) is 0 Å². The van der Waals surface area contributed by atoms with E-state index in [2.05, 4.69) is 15.9 Å². The highest BCUT2D eigenvalue weighted by Crippen LogP contribution is 2.21. The van der Waals surface area contributed by atoms with Gasteiger partial charge in [-0.05, 0) is 47.3 Å². The Kier molecular flexibility index (Phi) is 5.33. The summed E-state index contributed by atoms with van der Waals surface area (Å²) in [5.41, 5.74) is 6.99. The molecule has 1 aromatic carbocycles. The number of rotatable bonds is 4. The third-order valence-corrected chi connectivity index (χ3v) is 4.14. The summed E-state index contributed by atoms with van der Waals surface area (Å²) in [6, 6.07) is 5.48. The summed E-state index contributed by atoms with van der Waals surface area (Å²) in [6.45, 7) is 2.04. The van der Waals surface area contributed by atoms with Gasteiger partial charge in [0, 0.05) is 34.6 Å². The monoisotopic (exact) mass is 316 g/mol. The van der Waals surface area contributed by atoms with Gasteiger partial charge in [0.1, 0.15) is 0 Å². The lowest BCUT2D eigenvalue weighted by molar-refractivity contribution is 0.0757. The minimum atomic E-state index is 0.0206. The van der Waals surface area contributed by atoms with E-state index in [4.69, 9.17) is 5.73 Å². The Hall–Kier alpha value is -0.680. The van der Waals surface area contributed by atoms with Crippen LogP contribution >= 0.6 is 27.7 Å². The fourth-order valence-electron chi connectivity index (χ4n) is 1.42. The zero-order valence-electron chi connectivity index (χ0n) is 10.2. The van der Waals surface area contributed by atoms with E-state index in [0.717, 1.165) is 10.2 Å². The minimum absolute atomic E-state index is 0.0206. The molecule has 1 aromatic rings. The summed E-state index contributed by atoms with van der Waals surface area (Å²) in [6.07, 6.45) is 2.04. The van der Waals surface area contributed by atoms with Gasteiger partial charge < -0.3 is 10.6 Å². The van der Waals surface area contributed by atoms with E-state index in [-0.39, 0.29) is 11.9 Å². The average Bonchev–Trinajstić information content (AvgIpc) is 2.31. The van der Waals surface area contributed by atoms with Crippen LogP contribution in [0.25, 0.3) is 0 Å². The smallest absolute Gasteiger partial charge is 0.253 e. The van der Waals surface area contributed by atoms with Crippen molar-refractivity contribution >= 4 is 39.3 Å². The van der Waals surface area contributed by atoms with Crippen molar-refractivity contribution in [1.82, 2.24) is 4.90 Å². The lowest BCUT2D eigenvalue weighted by Gasteiger charge is -2.24. The topological polar surface area (TPSA) is 46.3 Å². The molecule has 1 atom stereocenters. The first kappa shape index (κ1) is 14.4. The molecule has 0 saturated carbocycles. The Morgan fingerprint density at radius 1 is 1.59 bits per heavy atom. The lowest BCUT2D eigenvalue weighted by Crippen LogP contribution is -2.36. The van der Waals surface area contributed by atoms with E-state index in [1.54, 1.807) is 34.9 Å². The van der Waals surface area contributed by atoms with Crippen molar-refractivity contribution in [2.45, 2.75) is 13.0 Å². The largest absolute Gasteiger partial charge is 0.398 e. The summed E-state index contributed by atoms with van der Waals surface area (Å²) >= 11 is 5.06. The molecule has 2 N–H and O–H groups in total. The summed E-state index contributed by atoms with van der Waals surface area (Å²) in [5.74, 6) is 0.950. The van der Waals surface area contributed by atoms with Gasteiger partial charge in [-0.15, -0.1) is 0 Å². The molecule has 0 aliphatic heterocycles. The summed E-state index contributed by atoms with van der Waals surface area (Å²) < 4.78 is 0.759. The number of hydrogen-bond acceptors (Lipinski definition) is 3. The molecular formula is C12H17BrN2OS. The number of halogens is 1. The molecule has 1 amide bonds. The maximum atomic E-state index is 12.2. The molecule has 0 radical (unpaired) electrons. The molecule has 0 aliphatic rings. The number of carbonyl (C=O) groups excluding carboxylic acids is 1. The van der Waals surface area contributed by atoms with E-state index >= 15 is 0 Å². The molecule has 5 heteroatoms. The number of anilines is 1. The van der Waals surface area contributed by atoms with Crippen LogP contribution in [0.1, 0.15) is 17.3 Å². The second-order valence-corrected chi connectivity index (χ2v) is 5.72. The third kappa shape index (κ3) is 3.64. The molecule has 3 nitrogen and oxygen atoms in total. The zero-order chi connectivity index (χ0) is 13.0. The number of nitrogen functional groups attached to an aromatic ring is 1. The van der Waals surface area contributed by atoms with Gasteiger partial charge in [0.2, 0.25) is 0 Å². The maximum absolute atomic E-state index is 12.2. The third-order valence-electron chi connectivity index (χ3n) is 2.64. The number of carbonyl (C=O) groups is 1. The number of amides is 1. The van der Waals surface area contributed by atoms with Gasteiger partial charge in [0.25, 0.3) is 5.91 Å². The molecule has 17 heavy (non-hydrogen) atoms. The molecule has 0 heterocycles. The fraction of sp³-hybridized carbons (Fsp3) is 0.417. The van der Waals surface area contributed by atoms with Crippen LogP contribution < -0.4 is 5.73 Å². The summed E-state index contributed by atoms with van der Waals surface area (Å²) in [5, 5.41) is 0. The van der Waals surface area contributed by atoms with E-state index < -0.39 is 0 Å². The Bertz CT molecular complexity index is 411. The molecular weight excluding hydrogens is 300 g/mol. The van der Waals surface area contributed by atoms with Crippen LogP contribution in [0.2, 0.25) is 0 Å². The second kappa shape index (κ2) is 6.31. The van der Waals surface area contributed by atoms with Crippen LogP contribution in [-0.4, -0.2) is 35.9 Å². The number of hydrogen-bond donors (Lipinski definition) is 1. The van der Waals surface area contributed by atoms with Crippen molar-refractivity contribution in [3.8, 4) is 0 Å². The Balaban J connectivity index is 2.85. The Morgan fingerprint density at radius 2 is 2.24 bits per heavy atom. The molecule has 0 aromatic heterocycles. The zero-order valence-corrected chi connectivity index (χ0v) is 12.6. The standard InChI is InChI=1S/C12H17BrN2OS/c1-8(7-17-3)15(2)12(16)9-4-5-11(14)10(13)6-9/h4-6,8H,7,14H2,1-3H3. The highest BCUT2D eigenvalue weighted by Gasteiger charge is 2.17. The normalized spacial score (nSPS) is 12.2. The van der Waals surface area contributed by atoms with Gasteiger partial charge in [-0.3, -0.25) is 4.79 Å². The maximum Gasteiger partial charge on any atom is 0.253 e. The van der Waals surface area contributed by atoms with Crippen molar-refractivity contribution in [1.29, 1.82) is 0 Å². The van der Waals surface area contributed by atoms with Crippen molar-refractivity contribution in [3.05, 3.63) is 28.2 Å². The first-order chi connectivity index (χ1) is 7.97. The van der Waals surface area contributed by atoms with Crippen molar-refractivity contribution in [2.75, 3.05) is 24.8 Å². The minimum Gasteiger partial charge on any atom is -0.398 e. The quantitative estimate of drug-likeness (QED) is 0.869. The number of thioether (sulfide) groups is 1. The van der Waals surface area contributed by atoms with Crippen LogP contribution in [0.4, 0.5) is 5.69 Å². The van der Waals surface area contributed by atoms with Gasteiger partial charge in [-0.1, -0.05) is 0 Å². The molecule has 0 spiro atoms.